The number of hydrogen-bond acceptors (Lipinski definition) is 4. The molecular weight excluding hydrogens is 349 g/mol. The molecule has 1 aliphatic rings. The lowest BCUT2D eigenvalue weighted by Crippen LogP contribution is -3.19. The van der Waals surface area contributed by atoms with Gasteiger partial charge in [0.1, 0.15) is 10.7 Å². The maximum atomic E-state index is 13.8. The van der Waals surface area contributed by atoms with E-state index < -0.39 is 15.8 Å². The highest BCUT2D eigenvalue weighted by Gasteiger charge is 2.35. The SMILES string of the molecule is COCCNC(=O)[C@@H](C)[NH+]1CCN(S(=O)(=O)c2ccccc2F)CC1. The molecule has 9 heteroatoms. The van der Waals surface area contributed by atoms with E-state index in [0.717, 1.165) is 11.0 Å². The zero-order chi connectivity index (χ0) is 18.4. The van der Waals surface area contributed by atoms with Gasteiger partial charge in [-0.15, -0.1) is 0 Å². The monoisotopic (exact) mass is 374 g/mol. The molecular formula is C16H25FN3O4S+. The fourth-order valence-corrected chi connectivity index (χ4v) is 4.36. The normalized spacial score (nSPS) is 18.0. The first-order valence-corrected chi connectivity index (χ1v) is 9.68. The van der Waals surface area contributed by atoms with Crippen LogP contribution in [-0.4, -0.2) is 71.1 Å². The summed E-state index contributed by atoms with van der Waals surface area (Å²) in [7, 11) is -2.29. The lowest BCUT2D eigenvalue weighted by Gasteiger charge is -2.34. The Bertz CT molecular complexity index is 690. The Labute approximate surface area is 147 Å². The molecule has 1 aliphatic heterocycles. The van der Waals surface area contributed by atoms with Gasteiger partial charge in [-0.3, -0.25) is 4.79 Å². The largest absolute Gasteiger partial charge is 0.383 e. The van der Waals surface area contributed by atoms with Crippen LogP contribution in [0.5, 0.6) is 0 Å². The average Bonchev–Trinajstić information content (AvgIpc) is 2.61. The predicted octanol–water partition coefficient (Wildman–Crippen LogP) is -1.13. The summed E-state index contributed by atoms with van der Waals surface area (Å²) in [6.45, 7) is 4.20. The second kappa shape index (κ2) is 8.70. The van der Waals surface area contributed by atoms with E-state index in [1.54, 1.807) is 7.11 Å². The summed E-state index contributed by atoms with van der Waals surface area (Å²) in [5, 5.41) is 2.79. The molecule has 0 unspecified atom stereocenters. The van der Waals surface area contributed by atoms with Gasteiger partial charge < -0.3 is 15.0 Å². The third kappa shape index (κ3) is 4.75. The highest BCUT2D eigenvalue weighted by Crippen LogP contribution is 2.18. The van der Waals surface area contributed by atoms with Gasteiger partial charge in [0.05, 0.1) is 32.8 Å². The Morgan fingerprint density at radius 3 is 2.60 bits per heavy atom. The molecule has 1 aromatic rings. The minimum atomic E-state index is -3.85. The highest BCUT2D eigenvalue weighted by molar-refractivity contribution is 7.89. The fourth-order valence-electron chi connectivity index (χ4n) is 2.85. The van der Waals surface area contributed by atoms with Crippen molar-refractivity contribution in [2.45, 2.75) is 17.9 Å². The number of rotatable bonds is 7. The molecule has 1 saturated heterocycles. The van der Waals surface area contributed by atoms with Crippen molar-refractivity contribution in [1.29, 1.82) is 0 Å². The van der Waals surface area contributed by atoms with Crippen LogP contribution in [0, 0.1) is 5.82 Å². The number of nitrogens with zero attached hydrogens (tertiary/aromatic N) is 1. The van der Waals surface area contributed by atoms with Gasteiger partial charge in [0, 0.05) is 13.7 Å². The number of amides is 1. The van der Waals surface area contributed by atoms with Crippen LogP contribution < -0.4 is 10.2 Å². The summed E-state index contributed by atoms with van der Waals surface area (Å²) >= 11 is 0. The van der Waals surface area contributed by atoms with Crippen LogP contribution in [0.15, 0.2) is 29.2 Å². The van der Waals surface area contributed by atoms with Crippen LogP contribution >= 0.6 is 0 Å². The third-order valence-electron chi connectivity index (χ3n) is 4.43. The molecule has 1 heterocycles. The van der Waals surface area contributed by atoms with E-state index in [0.29, 0.717) is 26.2 Å². The number of quaternary nitrogens is 1. The molecule has 0 spiro atoms. The number of hydrogen-bond donors (Lipinski definition) is 2. The van der Waals surface area contributed by atoms with E-state index in [4.69, 9.17) is 4.74 Å². The van der Waals surface area contributed by atoms with Crippen molar-refractivity contribution in [1.82, 2.24) is 9.62 Å². The smallest absolute Gasteiger partial charge is 0.278 e. The number of ether oxygens (including phenoxy) is 1. The van der Waals surface area contributed by atoms with Crippen LogP contribution in [0.3, 0.4) is 0 Å². The summed E-state index contributed by atoms with van der Waals surface area (Å²) in [5.41, 5.74) is 0. The molecule has 0 bridgehead atoms. The van der Waals surface area contributed by atoms with E-state index in [1.807, 2.05) is 6.92 Å². The Kier molecular flexibility index (Phi) is 6.88. The number of nitrogens with one attached hydrogen (secondary N) is 2. The van der Waals surface area contributed by atoms with E-state index in [9.17, 15) is 17.6 Å². The number of methoxy groups -OCH3 is 1. The summed E-state index contributed by atoms with van der Waals surface area (Å²) < 4.78 is 45.2. The molecule has 7 nitrogen and oxygen atoms in total. The standard InChI is InChI=1S/C16H24FN3O4S/c1-13(16(21)18-7-12-24-2)19-8-10-20(11-9-19)25(22,23)15-6-4-3-5-14(15)17/h3-6,13H,7-12H2,1-2H3,(H,18,21)/p+1/t13-/m1/s1. The fraction of sp³-hybridized carbons (Fsp3) is 0.562. The highest BCUT2D eigenvalue weighted by atomic mass is 32.2. The second-order valence-electron chi connectivity index (χ2n) is 6.00. The zero-order valence-corrected chi connectivity index (χ0v) is 15.3. The average molecular weight is 374 g/mol. The molecule has 0 aliphatic carbocycles. The van der Waals surface area contributed by atoms with Gasteiger partial charge in [-0.25, -0.2) is 12.8 Å². The maximum Gasteiger partial charge on any atom is 0.278 e. The second-order valence-corrected chi connectivity index (χ2v) is 7.90. The number of halogens is 1. The molecule has 0 aromatic heterocycles. The Balaban J connectivity index is 1.95. The van der Waals surface area contributed by atoms with E-state index in [1.165, 1.54) is 22.5 Å². The van der Waals surface area contributed by atoms with Crippen molar-refractivity contribution in [3.63, 3.8) is 0 Å². The minimum Gasteiger partial charge on any atom is -0.383 e. The number of carbonyl (C=O) groups is 1. The summed E-state index contributed by atoms with van der Waals surface area (Å²) in [6, 6.07) is 5.09. The predicted molar refractivity (Wildman–Crippen MR) is 90.2 cm³/mol. The van der Waals surface area contributed by atoms with E-state index >= 15 is 0 Å². The Hall–Kier alpha value is -1.55. The van der Waals surface area contributed by atoms with E-state index in [2.05, 4.69) is 5.32 Å². The topological polar surface area (TPSA) is 80.2 Å². The molecule has 0 saturated carbocycles. The van der Waals surface area contributed by atoms with Gasteiger partial charge in [0.15, 0.2) is 6.04 Å². The molecule has 0 radical (unpaired) electrons. The molecule has 1 fully saturated rings. The third-order valence-corrected chi connectivity index (χ3v) is 6.36. The Morgan fingerprint density at radius 1 is 1.36 bits per heavy atom. The molecule has 1 amide bonds. The lowest BCUT2D eigenvalue weighted by molar-refractivity contribution is -0.917. The van der Waals surface area contributed by atoms with Crippen molar-refractivity contribution in [3.05, 3.63) is 30.1 Å². The molecule has 140 valence electrons. The lowest BCUT2D eigenvalue weighted by atomic mass is 10.2. The maximum absolute atomic E-state index is 13.8. The molecule has 25 heavy (non-hydrogen) atoms. The zero-order valence-electron chi connectivity index (χ0n) is 14.5. The summed E-state index contributed by atoms with van der Waals surface area (Å²) in [5.74, 6) is -0.833. The summed E-state index contributed by atoms with van der Waals surface area (Å²) in [6.07, 6.45) is 0. The number of benzene rings is 1. The molecule has 1 aromatic carbocycles. The number of carbonyl (C=O) groups excluding carboxylic acids is 1. The van der Waals surface area contributed by atoms with Crippen LogP contribution in [0.2, 0.25) is 0 Å². The van der Waals surface area contributed by atoms with Crippen LogP contribution in [0.1, 0.15) is 6.92 Å². The molecule has 2 N–H and O–H groups in total. The number of piperazine rings is 1. The Morgan fingerprint density at radius 2 is 2.00 bits per heavy atom. The van der Waals surface area contributed by atoms with Gasteiger partial charge >= 0.3 is 0 Å². The molecule has 2 rings (SSSR count). The van der Waals surface area contributed by atoms with Gasteiger partial charge in [-0.1, -0.05) is 12.1 Å². The van der Waals surface area contributed by atoms with Crippen LogP contribution in [-0.2, 0) is 19.6 Å². The van der Waals surface area contributed by atoms with Crippen molar-refractivity contribution < 1.29 is 27.2 Å². The van der Waals surface area contributed by atoms with Gasteiger partial charge in [-0.05, 0) is 19.1 Å². The number of sulfonamides is 1. The first-order chi connectivity index (χ1) is 11.9. The first-order valence-electron chi connectivity index (χ1n) is 8.24. The van der Waals surface area contributed by atoms with Gasteiger partial charge in [0.2, 0.25) is 10.0 Å². The van der Waals surface area contributed by atoms with E-state index in [-0.39, 0.29) is 29.9 Å². The first kappa shape index (κ1) is 19.8. The van der Waals surface area contributed by atoms with Crippen molar-refractivity contribution >= 4 is 15.9 Å². The van der Waals surface area contributed by atoms with Crippen molar-refractivity contribution in [2.24, 2.45) is 0 Å². The quantitative estimate of drug-likeness (QED) is 0.592. The van der Waals surface area contributed by atoms with Gasteiger partial charge in [-0.2, -0.15) is 4.31 Å². The van der Waals surface area contributed by atoms with Crippen molar-refractivity contribution in [2.75, 3.05) is 46.4 Å². The van der Waals surface area contributed by atoms with Gasteiger partial charge in [0.25, 0.3) is 5.91 Å². The van der Waals surface area contributed by atoms with Crippen LogP contribution in [0.25, 0.3) is 0 Å². The minimum absolute atomic E-state index is 0.0857. The van der Waals surface area contributed by atoms with Crippen molar-refractivity contribution in [3.8, 4) is 0 Å². The summed E-state index contributed by atoms with van der Waals surface area (Å²) in [4.78, 5) is 12.8. The van der Waals surface area contributed by atoms with Crippen LogP contribution in [0.4, 0.5) is 4.39 Å². The molecule has 1 atom stereocenters.